The number of H-pyrrole nitrogens is 1. The molecule has 7 nitrogen and oxygen atoms in total. The van der Waals surface area contributed by atoms with Crippen LogP contribution in [0.15, 0.2) is 30.3 Å². The van der Waals surface area contributed by atoms with Gasteiger partial charge in [-0.25, -0.2) is 0 Å². The average molecular weight is 370 g/mol. The predicted octanol–water partition coefficient (Wildman–Crippen LogP) is 1.76. The van der Waals surface area contributed by atoms with E-state index in [-0.39, 0.29) is 5.91 Å². The highest BCUT2D eigenvalue weighted by molar-refractivity contribution is 6.35. The third kappa shape index (κ3) is 4.48. The zero-order valence-corrected chi connectivity index (χ0v) is 15.7. The van der Waals surface area contributed by atoms with Crippen molar-refractivity contribution in [3.8, 4) is 0 Å². The molecule has 0 aliphatic carbocycles. The van der Waals surface area contributed by atoms with E-state index < -0.39 is 11.8 Å². The predicted molar refractivity (Wildman–Crippen MR) is 103 cm³/mol. The zero-order chi connectivity index (χ0) is 19.2. The Morgan fingerprint density at radius 3 is 2.59 bits per heavy atom. The largest absolute Gasteiger partial charge is 0.351 e. The Kier molecular flexibility index (Phi) is 6.11. The third-order valence-electron chi connectivity index (χ3n) is 4.84. The molecular formula is C20H26N4O3. The Hall–Kier alpha value is -2.83. The van der Waals surface area contributed by atoms with Crippen LogP contribution in [0.4, 0.5) is 0 Å². The van der Waals surface area contributed by atoms with Crippen molar-refractivity contribution in [2.45, 2.75) is 26.2 Å². The number of nitrogens with zero attached hydrogens (tertiary/aromatic N) is 2. The molecule has 2 N–H and O–H groups in total. The number of carbonyl (C=O) groups is 3. The summed E-state index contributed by atoms with van der Waals surface area (Å²) in [5.41, 5.74) is 1.48. The van der Waals surface area contributed by atoms with Crippen LogP contribution >= 0.6 is 0 Å². The summed E-state index contributed by atoms with van der Waals surface area (Å²) < 4.78 is 0. The molecule has 1 fully saturated rings. The Morgan fingerprint density at radius 1 is 1.07 bits per heavy atom. The molecule has 1 aliphatic rings. The van der Waals surface area contributed by atoms with Crippen LogP contribution < -0.4 is 5.32 Å². The molecule has 1 aliphatic heterocycles. The molecule has 2 aromatic rings. The van der Waals surface area contributed by atoms with E-state index in [2.05, 4.69) is 10.3 Å². The van der Waals surface area contributed by atoms with Crippen molar-refractivity contribution in [1.29, 1.82) is 0 Å². The molecule has 3 amide bonds. The van der Waals surface area contributed by atoms with Crippen molar-refractivity contribution in [3.63, 3.8) is 0 Å². The van der Waals surface area contributed by atoms with Crippen molar-refractivity contribution in [3.05, 3.63) is 36.0 Å². The number of nitrogens with one attached hydrogen (secondary N) is 2. The fourth-order valence-electron chi connectivity index (χ4n) is 3.28. The summed E-state index contributed by atoms with van der Waals surface area (Å²) in [4.78, 5) is 43.6. The number of hydrogen-bond acceptors (Lipinski definition) is 3. The van der Waals surface area contributed by atoms with Gasteiger partial charge in [-0.2, -0.15) is 0 Å². The SMILES string of the molecule is CCCCNC(=O)C(=O)N1CCCN(C(=O)c2cc3ccccc3[nH]2)CC1. The molecule has 3 rings (SSSR count). The second kappa shape index (κ2) is 8.70. The fraction of sp³-hybridized carbons (Fsp3) is 0.450. The first-order chi connectivity index (χ1) is 13.1. The molecule has 0 spiro atoms. The first kappa shape index (κ1) is 18.9. The zero-order valence-electron chi connectivity index (χ0n) is 15.7. The molecule has 2 heterocycles. The number of amides is 3. The maximum absolute atomic E-state index is 12.8. The van der Waals surface area contributed by atoms with Gasteiger partial charge in [0.15, 0.2) is 0 Å². The molecule has 1 saturated heterocycles. The number of para-hydroxylation sites is 1. The average Bonchev–Trinajstić information content (AvgIpc) is 2.96. The summed E-state index contributed by atoms with van der Waals surface area (Å²) >= 11 is 0. The normalized spacial score (nSPS) is 14.9. The van der Waals surface area contributed by atoms with E-state index in [1.165, 1.54) is 0 Å². The Labute approximate surface area is 158 Å². The van der Waals surface area contributed by atoms with E-state index in [1.807, 2.05) is 37.3 Å². The van der Waals surface area contributed by atoms with E-state index in [9.17, 15) is 14.4 Å². The summed E-state index contributed by atoms with van der Waals surface area (Å²) in [5.74, 6) is -1.14. The third-order valence-corrected chi connectivity index (χ3v) is 4.84. The van der Waals surface area contributed by atoms with E-state index in [4.69, 9.17) is 0 Å². The van der Waals surface area contributed by atoms with Crippen molar-refractivity contribution >= 4 is 28.6 Å². The van der Waals surface area contributed by atoms with Gasteiger partial charge < -0.3 is 20.1 Å². The van der Waals surface area contributed by atoms with Gasteiger partial charge in [-0.05, 0) is 25.0 Å². The summed E-state index contributed by atoms with van der Waals surface area (Å²) in [7, 11) is 0. The summed E-state index contributed by atoms with van der Waals surface area (Å²) in [5, 5.41) is 3.66. The van der Waals surface area contributed by atoms with Gasteiger partial charge in [-0.15, -0.1) is 0 Å². The van der Waals surface area contributed by atoms with Crippen molar-refractivity contribution in [2.75, 3.05) is 32.7 Å². The Morgan fingerprint density at radius 2 is 1.81 bits per heavy atom. The van der Waals surface area contributed by atoms with E-state index in [0.717, 1.165) is 23.7 Å². The lowest BCUT2D eigenvalue weighted by molar-refractivity contribution is -0.145. The van der Waals surface area contributed by atoms with Crippen LogP contribution in [0, 0.1) is 0 Å². The maximum atomic E-state index is 12.8. The number of carbonyl (C=O) groups excluding carboxylic acids is 3. The number of rotatable bonds is 4. The molecule has 0 unspecified atom stereocenters. The van der Waals surface area contributed by atoms with Gasteiger partial charge in [-0.3, -0.25) is 14.4 Å². The minimum absolute atomic E-state index is 0.0760. The van der Waals surface area contributed by atoms with Crippen LogP contribution in [-0.2, 0) is 9.59 Å². The first-order valence-corrected chi connectivity index (χ1v) is 9.54. The summed E-state index contributed by atoms with van der Waals surface area (Å²) in [6.07, 6.45) is 2.47. The molecule has 1 aromatic carbocycles. The van der Waals surface area contributed by atoms with Crippen LogP contribution in [0.2, 0.25) is 0 Å². The lowest BCUT2D eigenvalue weighted by Gasteiger charge is -2.21. The highest BCUT2D eigenvalue weighted by Crippen LogP contribution is 2.17. The molecule has 7 heteroatoms. The number of fused-ring (bicyclic) bond motifs is 1. The van der Waals surface area contributed by atoms with Gasteiger partial charge in [0.1, 0.15) is 5.69 Å². The van der Waals surface area contributed by atoms with Crippen LogP contribution in [0.25, 0.3) is 10.9 Å². The fourth-order valence-corrected chi connectivity index (χ4v) is 3.28. The molecule has 144 valence electrons. The minimum Gasteiger partial charge on any atom is -0.351 e. The highest BCUT2D eigenvalue weighted by Gasteiger charge is 2.26. The second-order valence-electron chi connectivity index (χ2n) is 6.82. The molecule has 0 radical (unpaired) electrons. The summed E-state index contributed by atoms with van der Waals surface area (Å²) in [6, 6.07) is 9.61. The van der Waals surface area contributed by atoms with Crippen LogP contribution in [0.3, 0.4) is 0 Å². The minimum atomic E-state index is -0.557. The molecule has 27 heavy (non-hydrogen) atoms. The van der Waals surface area contributed by atoms with E-state index >= 15 is 0 Å². The monoisotopic (exact) mass is 370 g/mol. The maximum Gasteiger partial charge on any atom is 0.311 e. The van der Waals surface area contributed by atoms with Crippen molar-refractivity contribution in [1.82, 2.24) is 20.1 Å². The Balaban J connectivity index is 1.59. The Bertz CT molecular complexity index is 796. The molecule has 0 bridgehead atoms. The van der Waals surface area contributed by atoms with Crippen LogP contribution in [0.1, 0.15) is 36.7 Å². The van der Waals surface area contributed by atoms with E-state index in [0.29, 0.717) is 44.8 Å². The van der Waals surface area contributed by atoms with Gasteiger partial charge in [-0.1, -0.05) is 31.5 Å². The number of aromatic nitrogens is 1. The van der Waals surface area contributed by atoms with Gasteiger partial charge >= 0.3 is 11.8 Å². The van der Waals surface area contributed by atoms with Gasteiger partial charge in [0.2, 0.25) is 0 Å². The number of unbranched alkanes of at least 4 members (excludes halogenated alkanes) is 1. The lowest BCUT2D eigenvalue weighted by atomic mass is 10.2. The highest BCUT2D eigenvalue weighted by atomic mass is 16.2. The van der Waals surface area contributed by atoms with E-state index in [1.54, 1.807) is 9.80 Å². The molecule has 0 saturated carbocycles. The van der Waals surface area contributed by atoms with Gasteiger partial charge in [0.25, 0.3) is 5.91 Å². The smallest absolute Gasteiger partial charge is 0.311 e. The standard InChI is InChI=1S/C20H26N4O3/c1-2-3-9-21-18(25)20(27)24-11-6-10-23(12-13-24)19(26)17-14-15-7-4-5-8-16(15)22-17/h4-5,7-8,14,22H,2-3,6,9-13H2,1H3,(H,21,25). The quantitative estimate of drug-likeness (QED) is 0.635. The summed E-state index contributed by atoms with van der Waals surface area (Å²) in [6.45, 7) is 4.38. The van der Waals surface area contributed by atoms with Crippen molar-refractivity contribution < 1.29 is 14.4 Å². The van der Waals surface area contributed by atoms with Gasteiger partial charge in [0, 0.05) is 43.6 Å². The lowest BCUT2D eigenvalue weighted by Crippen LogP contribution is -2.45. The van der Waals surface area contributed by atoms with Crippen molar-refractivity contribution in [2.24, 2.45) is 0 Å². The molecular weight excluding hydrogens is 344 g/mol. The van der Waals surface area contributed by atoms with Crippen LogP contribution in [-0.4, -0.2) is 65.2 Å². The van der Waals surface area contributed by atoms with Crippen LogP contribution in [0.5, 0.6) is 0 Å². The topological polar surface area (TPSA) is 85.5 Å². The molecule has 1 aromatic heterocycles. The number of benzene rings is 1. The number of aromatic amines is 1. The first-order valence-electron chi connectivity index (χ1n) is 9.54. The second-order valence-corrected chi connectivity index (χ2v) is 6.82. The van der Waals surface area contributed by atoms with Gasteiger partial charge in [0.05, 0.1) is 0 Å². The number of hydrogen-bond donors (Lipinski definition) is 2. The molecule has 0 atom stereocenters.